The van der Waals surface area contributed by atoms with Gasteiger partial charge in [-0.2, -0.15) is 0 Å². The Kier molecular flexibility index (Phi) is 9.17. The molecule has 0 amide bonds. The second kappa shape index (κ2) is 13.0. The minimum atomic E-state index is -0.654. The van der Waals surface area contributed by atoms with Crippen LogP contribution in [0.1, 0.15) is 56.0 Å². The van der Waals surface area contributed by atoms with Crippen LogP contribution >= 0.6 is 31.9 Å². The lowest BCUT2D eigenvalue weighted by Gasteiger charge is -2.29. The van der Waals surface area contributed by atoms with Crippen molar-refractivity contribution in [1.82, 2.24) is 0 Å². The highest BCUT2D eigenvalue weighted by Gasteiger charge is 2.31. The number of hydrogen-bond donors (Lipinski definition) is 0. The molecule has 4 aromatic carbocycles. The van der Waals surface area contributed by atoms with Crippen molar-refractivity contribution in [2.24, 2.45) is 0 Å². The quantitative estimate of drug-likeness (QED) is 0.0780. The maximum Gasteiger partial charge on any atom is 0.343 e. The molecular formula is C35H26Br2O7. The van der Waals surface area contributed by atoms with E-state index in [1.54, 1.807) is 84.9 Å². The number of hydrogen-bond acceptors (Lipinski definition) is 7. The van der Waals surface area contributed by atoms with Crippen LogP contribution < -0.4 is 18.9 Å². The van der Waals surface area contributed by atoms with Crippen LogP contribution in [0.15, 0.2) is 100.0 Å². The number of carbonyl (C=O) groups is 3. The molecule has 0 unspecified atom stereocenters. The van der Waals surface area contributed by atoms with Crippen LogP contribution in [0.5, 0.6) is 23.0 Å². The van der Waals surface area contributed by atoms with Gasteiger partial charge in [0.05, 0.1) is 23.8 Å². The van der Waals surface area contributed by atoms with Gasteiger partial charge in [0.2, 0.25) is 0 Å². The number of ketones is 1. The molecule has 1 aliphatic heterocycles. The van der Waals surface area contributed by atoms with E-state index >= 15 is 0 Å². The van der Waals surface area contributed by atoms with Crippen LogP contribution in [0.2, 0.25) is 0 Å². The molecule has 0 N–H and O–H groups in total. The zero-order chi connectivity index (χ0) is 31.4. The molecule has 5 rings (SSSR count). The van der Waals surface area contributed by atoms with Crippen molar-refractivity contribution in [1.29, 1.82) is 0 Å². The number of halogens is 2. The summed E-state index contributed by atoms with van der Waals surface area (Å²) in [6.07, 6.45) is 6.53. The Morgan fingerprint density at radius 3 is 2.27 bits per heavy atom. The lowest BCUT2D eigenvalue weighted by atomic mass is 9.96. The third kappa shape index (κ3) is 7.01. The number of esters is 2. The standard InChI is InChI=1S/C35H26Br2O7/c1-35(2)17-16-26-29(44-35)20-30(41-3)31(32(26)43-34(40)22-8-7-9-24(36)18-22)28(38)15-14-21-12-13-23(19-27(21)37)33(39)42-25-10-5-4-6-11-25/h4-20H,1-3H3/b15-14+. The molecule has 222 valence electrons. The first kappa shape index (κ1) is 31.0. The third-order valence-electron chi connectivity index (χ3n) is 6.60. The number of fused-ring (bicyclic) bond motifs is 1. The Morgan fingerprint density at radius 2 is 1.57 bits per heavy atom. The summed E-state index contributed by atoms with van der Waals surface area (Å²) in [6.45, 7) is 3.77. The number of rotatable bonds is 8. The van der Waals surface area contributed by atoms with Crippen LogP contribution in [0.3, 0.4) is 0 Å². The highest BCUT2D eigenvalue weighted by molar-refractivity contribution is 9.10. The van der Waals surface area contributed by atoms with Crippen molar-refractivity contribution < 1.29 is 33.3 Å². The summed E-state index contributed by atoms with van der Waals surface area (Å²) >= 11 is 6.85. The molecule has 9 heteroatoms. The Hall–Kier alpha value is -4.47. The van der Waals surface area contributed by atoms with Gasteiger partial charge in [-0.25, -0.2) is 9.59 Å². The smallest absolute Gasteiger partial charge is 0.343 e. The van der Waals surface area contributed by atoms with E-state index in [0.717, 1.165) is 0 Å². The first-order valence-electron chi connectivity index (χ1n) is 13.4. The van der Waals surface area contributed by atoms with Gasteiger partial charge in [-0.15, -0.1) is 0 Å². The van der Waals surface area contributed by atoms with Crippen molar-refractivity contribution in [3.05, 3.63) is 128 Å². The van der Waals surface area contributed by atoms with Crippen molar-refractivity contribution in [2.75, 3.05) is 7.11 Å². The maximum absolute atomic E-state index is 13.8. The molecule has 0 saturated heterocycles. The van der Waals surface area contributed by atoms with Gasteiger partial charge < -0.3 is 18.9 Å². The van der Waals surface area contributed by atoms with Gasteiger partial charge in [0.1, 0.15) is 28.4 Å². The average molecular weight is 718 g/mol. The van der Waals surface area contributed by atoms with E-state index in [0.29, 0.717) is 42.7 Å². The lowest BCUT2D eigenvalue weighted by molar-refractivity contribution is 0.0722. The molecule has 0 spiro atoms. The van der Waals surface area contributed by atoms with Gasteiger partial charge in [0.15, 0.2) is 11.5 Å². The number of allylic oxidation sites excluding steroid dienone is 1. The fourth-order valence-electron chi connectivity index (χ4n) is 4.43. The van der Waals surface area contributed by atoms with E-state index in [2.05, 4.69) is 31.9 Å². The second-order valence-electron chi connectivity index (χ2n) is 10.3. The van der Waals surface area contributed by atoms with Gasteiger partial charge in [-0.3, -0.25) is 4.79 Å². The SMILES string of the molecule is COc1cc2c(c(OC(=O)c3cccc(Br)c3)c1C(=O)/C=C/c1ccc(C(=O)Oc3ccccc3)cc1Br)C=CC(C)(C)O2. The molecule has 0 fully saturated rings. The Labute approximate surface area is 271 Å². The van der Waals surface area contributed by atoms with Crippen LogP contribution in [-0.4, -0.2) is 30.4 Å². The first-order valence-corrected chi connectivity index (χ1v) is 15.0. The molecule has 0 radical (unpaired) electrons. The van der Waals surface area contributed by atoms with E-state index < -0.39 is 23.3 Å². The fourth-order valence-corrected chi connectivity index (χ4v) is 5.34. The van der Waals surface area contributed by atoms with E-state index in [4.69, 9.17) is 18.9 Å². The summed E-state index contributed by atoms with van der Waals surface area (Å²) < 4.78 is 24.3. The predicted molar refractivity (Wildman–Crippen MR) is 175 cm³/mol. The normalized spacial score (nSPS) is 13.1. The Balaban J connectivity index is 1.48. The summed E-state index contributed by atoms with van der Waals surface area (Å²) in [5.41, 5.74) is 1.12. The van der Waals surface area contributed by atoms with E-state index in [1.807, 2.05) is 26.0 Å². The van der Waals surface area contributed by atoms with Crippen LogP contribution in [0.25, 0.3) is 12.2 Å². The minimum Gasteiger partial charge on any atom is -0.496 e. The van der Waals surface area contributed by atoms with Crippen LogP contribution in [0, 0.1) is 0 Å². The maximum atomic E-state index is 13.8. The van der Waals surface area contributed by atoms with E-state index in [-0.39, 0.29) is 17.1 Å². The van der Waals surface area contributed by atoms with Gasteiger partial charge >= 0.3 is 11.9 Å². The summed E-state index contributed by atoms with van der Waals surface area (Å²) in [6, 6.07) is 22.0. The van der Waals surface area contributed by atoms with Crippen molar-refractivity contribution in [2.45, 2.75) is 19.4 Å². The summed E-state index contributed by atoms with van der Waals surface area (Å²) in [5, 5.41) is 0. The van der Waals surface area contributed by atoms with Crippen molar-refractivity contribution >= 4 is 61.7 Å². The van der Waals surface area contributed by atoms with Crippen LogP contribution in [-0.2, 0) is 0 Å². The van der Waals surface area contributed by atoms with Gasteiger partial charge in [-0.05, 0) is 86.2 Å². The second-order valence-corrected chi connectivity index (χ2v) is 12.0. The minimum absolute atomic E-state index is 0.0174. The zero-order valence-electron chi connectivity index (χ0n) is 23.9. The molecule has 7 nitrogen and oxygen atoms in total. The largest absolute Gasteiger partial charge is 0.496 e. The monoisotopic (exact) mass is 716 g/mol. The molecule has 0 aromatic heterocycles. The van der Waals surface area contributed by atoms with Gasteiger partial charge in [0, 0.05) is 15.0 Å². The van der Waals surface area contributed by atoms with Crippen LogP contribution in [0.4, 0.5) is 0 Å². The molecule has 4 aromatic rings. The summed E-state index contributed by atoms with van der Waals surface area (Å²) in [7, 11) is 1.43. The molecule has 1 aliphatic rings. The number of benzene rings is 4. The number of carbonyl (C=O) groups excluding carboxylic acids is 3. The highest BCUT2D eigenvalue weighted by Crippen LogP contribution is 2.44. The van der Waals surface area contributed by atoms with Crippen molar-refractivity contribution in [3.8, 4) is 23.0 Å². The zero-order valence-corrected chi connectivity index (χ0v) is 27.1. The van der Waals surface area contributed by atoms with Crippen molar-refractivity contribution in [3.63, 3.8) is 0 Å². The topological polar surface area (TPSA) is 88.1 Å². The third-order valence-corrected chi connectivity index (χ3v) is 7.78. The Morgan fingerprint density at radius 1 is 0.841 bits per heavy atom. The van der Waals surface area contributed by atoms with Gasteiger partial charge in [0.25, 0.3) is 0 Å². The van der Waals surface area contributed by atoms with E-state index in [1.165, 1.54) is 13.2 Å². The molecule has 0 aliphatic carbocycles. The average Bonchev–Trinajstić information content (AvgIpc) is 2.99. The molecule has 1 heterocycles. The molecular weight excluding hydrogens is 692 g/mol. The lowest BCUT2D eigenvalue weighted by Crippen LogP contribution is -2.28. The molecule has 44 heavy (non-hydrogen) atoms. The molecule has 0 atom stereocenters. The number of para-hydroxylation sites is 1. The summed E-state index contributed by atoms with van der Waals surface area (Å²) in [4.78, 5) is 39.6. The van der Waals surface area contributed by atoms with E-state index in [9.17, 15) is 14.4 Å². The molecule has 0 saturated carbocycles. The highest BCUT2D eigenvalue weighted by atomic mass is 79.9. The Bertz CT molecular complexity index is 1820. The first-order chi connectivity index (χ1) is 21.0. The summed E-state index contributed by atoms with van der Waals surface area (Å²) in [5.74, 6) is -0.603. The molecule has 0 bridgehead atoms. The predicted octanol–water partition coefficient (Wildman–Crippen LogP) is 8.74. The fraction of sp³-hybridized carbons (Fsp3) is 0.114. The number of ether oxygens (including phenoxy) is 4. The van der Waals surface area contributed by atoms with Gasteiger partial charge in [-0.1, -0.05) is 62.2 Å². The number of methoxy groups -OCH3 is 1.